The van der Waals surface area contributed by atoms with Gasteiger partial charge in [-0.25, -0.2) is 4.68 Å². The second-order valence-electron chi connectivity index (χ2n) is 7.49. The molecule has 6 heteroatoms. The lowest BCUT2D eigenvalue weighted by molar-refractivity contribution is -0.0538. The van der Waals surface area contributed by atoms with Gasteiger partial charge in [-0.1, -0.05) is 11.8 Å². The van der Waals surface area contributed by atoms with E-state index >= 15 is 0 Å². The van der Waals surface area contributed by atoms with Crippen LogP contribution in [-0.2, 0) is 6.54 Å². The lowest BCUT2D eigenvalue weighted by Crippen LogP contribution is -2.46. The minimum atomic E-state index is 0.591. The van der Waals surface area contributed by atoms with Crippen molar-refractivity contribution < 1.29 is 0 Å². The fourth-order valence-corrected chi connectivity index (χ4v) is 6.61. The summed E-state index contributed by atoms with van der Waals surface area (Å²) in [6, 6.07) is 0. The first-order valence-corrected chi connectivity index (χ1v) is 9.34. The highest BCUT2D eigenvalue weighted by Gasteiger charge is 2.50. The minimum absolute atomic E-state index is 0.591. The number of hydrogen-bond acceptors (Lipinski definition) is 5. The Bertz CT molecular complexity index is 465. The van der Waals surface area contributed by atoms with E-state index in [1.54, 1.807) is 0 Å². The second kappa shape index (κ2) is 5.54. The zero-order valence-corrected chi connectivity index (χ0v) is 13.4. The zero-order valence-electron chi connectivity index (χ0n) is 12.6. The topological polar surface area (TPSA) is 69.6 Å². The van der Waals surface area contributed by atoms with Gasteiger partial charge in [0.15, 0.2) is 0 Å². The summed E-state index contributed by atoms with van der Waals surface area (Å²) in [6.07, 6.45) is 10.4. The molecule has 4 bridgehead atoms. The summed E-state index contributed by atoms with van der Waals surface area (Å²) in [4.78, 5) is 0. The van der Waals surface area contributed by atoms with Gasteiger partial charge in [0.2, 0.25) is 5.16 Å². The van der Waals surface area contributed by atoms with Gasteiger partial charge in [0.25, 0.3) is 0 Å². The molecule has 5 rings (SSSR count). The molecule has 2 N–H and O–H groups in total. The van der Waals surface area contributed by atoms with E-state index in [1.807, 2.05) is 16.4 Å². The molecule has 1 heterocycles. The average molecular weight is 307 g/mol. The fraction of sp³-hybridized carbons (Fsp3) is 0.933. The average Bonchev–Trinajstić information content (AvgIpc) is 2.85. The van der Waals surface area contributed by atoms with Gasteiger partial charge in [-0.15, -0.1) is 5.10 Å². The molecular formula is C15H25N5S. The molecule has 0 amide bonds. The van der Waals surface area contributed by atoms with Crippen LogP contribution in [0, 0.1) is 23.2 Å². The Morgan fingerprint density at radius 1 is 1.14 bits per heavy atom. The lowest BCUT2D eigenvalue weighted by atomic mass is 9.49. The van der Waals surface area contributed by atoms with Crippen LogP contribution in [-0.4, -0.2) is 32.5 Å². The predicted octanol–water partition coefficient (Wildman–Crippen LogP) is 2.33. The smallest absolute Gasteiger partial charge is 0.209 e. The van der Waals surface area contributed by atoms with Crippen molar-refractivity contribution in [1.29, 1.82) is 0 Å². The molecule has 21 heavy (non-hydrogen) atoms. The van der Waals surface area contributed by atoms with Crippen LogP contribution in [0.3, 0.4) is 0 Å². The summed E-state index contributed by atoms with van der Waals surface area (Å²) in [7, 11) is 0. The van der Waals surface area contributed by atoms with Gasteiger partial charge in [-0.3, -0.25) is 0 Å². The molecule has 4 saturated carbocycles. The summed E-state index contributed by atoms with van der Waals surface area (Å²) >= 11 is 1.81. The number of nitrogens with two attached hydrogens (primary N) is 1. The highest BCUT2D eigenvalue weighted by Crippen LogP contribution is 2.61. The van der Waals surface area contributed by atoms with Crippen molar-refractivity contribution in [3.8, 4) is 0 Å². The van der Waals surface area contributed by atoms with Crippen LogP contribution in [0.25, 0.3) is 0 Å². The number of rotatable bonds is 6. The molecule has 0 radical (unpaired) electrons. The summed E-state index contributed by atoms with van der Waals surface area (Å²) < 4.78 is 1.84. The Morgan fingerprint density at radius 3 is 2.43 bits per heavy atom. The summed E-state index contributed by atoms with van der Waals surface area (Å²) in [5.74, 6) is 4.29. The van der Waals surface area contributed by atoms with E-state index in [1.165, 1.54) is 44.9 Å². The van der Waals surface area contributed by atoms with Gasteiger partial charge >= 0.3 is 0 Å². The molecule has 5 nitrogen and oxygen atoms in total. The Kier molecular flexibility index (Phi) is 3.69. The lowest BCUT2D eigenvalue weighted by Gasteiger charge is -2.57. The van der Waals surface area contributed by atoms with Crippen LogP contribution in [0.1, 0.15) is 44.9 Å². The van der Waals surface area contributed by atoms with Crippen LogP contribution in [0.15, 0.2) is 5.16 Å². The largest absolute Gasteiger partial charge is 0.329 e. The first-order chi connectivity index (χ1) is 10.3. The fourth-order valence-electron chi connectivity index (χ4n) is 5.52. The molecule has 1 aromatic rings. The molecule has 116 valence electrons. The van der Waals surface area contributed by atoms with Crippen LogP contribution in [0.5, 0.6) is 0 Å². The number of thioether (sulfide) groups is 1. The maximum absolute atomic E-state index is 5.59. The molecule has 4 aliphatic rings. The SMILES string of the molecule is NCCn1nnnc1SCCC12CC3CC(CC(C3)C1)C2. The third kappa shape index (κ3) is 2.72. The molecule has 4 fully saturated rings. The van der Waals surface area contributed by atoms with E-state index in [4.69, 9.17) is 5.73 Å². The minimum Gasteiger partial charge on any atom is -0.329 e. The van der Waals surface area contributed by atoms with Gasteiger partial charge in [0.05, 0.1) is 6.54 Å². The summed E-state index contributed by atoms with van der Waals surface area (Å²) in [6.45, 7) is 1.31. The Hall–Kier alpha value is -0.620. The van der Waals surface area contributed by atoms with Crippen molar-refractivity contribution in [3.63, 3.8) is 0 Å². The van der Waals surface area contributed by atoms with Crippen LogP contribution in [0.2, 0.25) is 0 Å². The quantitative estimate of drug-likeness (QED) is 0.817. The molecule has 0 unspecified atom stereocenters. The molecule has 1 aromatic heterocycles. The van der Waals surface area contributed by atoms with E-state index in [-0.39, 0.29) is 0 Å². The third-order valence-electron chi connectivity index (χ3n) is 5.87. The maximum Gasteiger partial charge on any atom is 0.209 e. The number of tetrazole rings is 1. The number of nitrogens with zero attached hydrogens (tertiary/aromatic N) is 4. The number of hydrogen-bond donors (Lipinski definition) is 1. The third-order valence-corrected chi connectivity index (χ3v) is 6.83. The van der Waals surface area contributed by atoms with Crippen molar-refractivity contribution in [2.75, 3.05) is 12.3 Å². The van der Waals surface area contributed by atoms with E-state index < -0.39 is 0 Å². The molecule has 0 aromatic carbocycles. The van der Waals surface area contributed by atoms with Gasteiger partial charge < -0.3 is 5.73 Å². The standard InChI is InChI=1S/C15H25N5S/c16-2-3-20-14(17-18-19-20)21-4-1-15-8-11-5-12(9-15)7-13(6-11)10-15/h11-13H,1-10,16H2. The molecule has 0 saturated heterocycles. The number of aromatic nitrogens is 4. The maximum atomic E-state index is 5.59. The Labute approximate surface area is 130 Å². The summed E-state index contributed by atoms with van der Waals surface area (Å²) in [5, 5.41) is 12.8. The van der Waals surface area contributed by atoms with Crippen molar-refractivity contribution in [1.82, 2.24) is 20.2 Å². The van der Waals surface area contributed by atoms with Crippen molar-refractivity contribution in [2.45, 2.75) is 56.6 Å². The van der Waals surface area contributed by atoms with E-state index in [0.717, 1.165) is 28.7 Å². The Morgan fingerprint density at radius 2 is 1.81 bits per heavy atom. The highest BCUT2D eigenvalue weighted by molar-refractivity contribution is 7.99. The molecule has 4 aliphatic carbocycles. The monoisotopic (exact) mass is 307 g/mol. The predicted molar refractivity (Wildman–Crippen MR) is 82.8 cm³/mol. The van der Waals surface area contributed by atoms with Crippen molar-refractivity contribution in [2.24, 2.45) is 28.9 Å². The molecule has 0 aliphatic heterocycles. The molecular weight excluding hydrogens is 282 g/mol. The van der Waals surface area contributed by atoms with Crippen molar-refractivity contribution in [3.05, 3.63) is 0 Å². The molecule has 0 atom stereocenters. The van der Waals surface area contributed by atoms with Gasteiger partial charge in [-0.05, 0) is 78.5 Å². The Balaban J connectivity index is 1.35. The first kappa shape index (κ1) is 14.0. The van der Waals surface area contributed by atoms with Crippen LogP contribution < -0.4 is 5.73 Å². The van der Waals surface area contributed by atoms with Gasteiger partial charge in [-0.2, -0.15) is 0 Å². The van der Waals surface area contributed by atoms with Crippen LogP contribution in [0.4, 0.5) is 0 Å². The van der Waals surface area contributed by atoms with Gasteiger partial charge in [0, 0.05) is 12.3 Å². The normalized spacial score (nSPS) is 37.3. The van der Waals surface area contributed by atoms with E-state index in [0.29, 0.717) is 18.5 Å². The second-order valence-corrected chi connectivity index (χ2v) is 8.55. The zero-order chi connectivity index (χ0) is 14.3. The van der Waals surface area contributed by atoms with Gasteiger partial charge in [0.1, 0.15) is 0 Å². The first-order valence-electron chi connectivity index (χ1n) is 8.35. The van der Waals surface area contributed by atoms with Crippen molar-refractivity contribution >= 4 is 11.8 Å². The van der Waals surface area contributed by atoms with E-state index in [2.05, 4.69) is 15.5 Å². The van der Waals surface area contributed by atoms with Crippen LogP contribution >= 0.6 is 11.8 Å². The van der Waals surface area contributed by atoms with E-state index in [9.17, 15) is 0 Å². The highest BCUT2D eigenvalue weighted by atomic mass is 32.2. The molecule has 0 spiro atoms. The summed E-state index contributed by atoms with van der Waals surface area (Å²) in [5.41, 5.74) is 6.25.